The molecule has 1 fully saturated rings. The van der Waals surface area contributed by atoms with Crippen LogP contribution in [0, 0.1) is 0 Å². The van der Waals surface area contributed by atoms with E-state index in [2.05, 4.69) is 17.3 Å². The maximum Gasteiger partial charge on any atom is 0.267 e. The average Bonchev–Trinajstić information content (AvgIpc) is 3.04. The predicted octanol–water partition coefficient (Wildman–Crippen LogP) is 2.42. The Balaban J connectivity index is 1.68. The molecule has 0 atom stereocenters. The topological polar surface area (TPSA) is 74.7 Å². The van der Waals surface area contributed by atoms with Crippen molar-refractivity contribution >= 4 is 26.8 Å². The van der Waals surface area contributed by atoms with Crippen molar-refractivity contribution in [2.45, 2.75) is 43.0 Å². The summed E-state index contributed by atoms with van der Waals surface area (Å²) < 4.78 is 27.7. The number of nitrogens with one attached hydrogen (secondary N) is 1. The van der Waals surface area contributed by atoms with Crippen LogP contribution in [0.25, 0.3) is 10.9 Å². The minimum Gasteiger partial charge on any atom is -0.349 e. The molecule has 1 aliphatic carbocycles. The molecular formula is C21H32N4O3S. The Bertz CT molecular complexity index is 975. The SMILES string of the molecule is CN(CCNC(=O)c1cc2cc(S(=O)(=O)N(C)C)ccc2n1C)C1CCCCC1. The van der Waals surface area contributed by atoms with Gasteiger partial charge in [-0.2, -0.15) is 0 Å². The van der Waals surface area contributed by atoms with Gasteiger partial charge in [-0.25, -0.2) is 12.7 Å². The fourth-order valence-electron chi connectivity index (χ4n) is 4.06. The van der Waals surface area contributed by atoms with E-state index in [1.807, 2.05) is 11.6 Å². The summed E-state index contributed by atoms with van der Waals surface area (Å²) in [4.78, 5) is 15.3. The van der Waals surface area contributed by atoms with Gasteiger partial charge < -0.3 is 14.8 Å². The van der Waals surface area contributed by atoms with E-state index in [0.717, 1.165) is 17.4 Å². The number of fused-ring (bicyclic) bond motifs is 1. The van der Waals surface area contributed by atoms with Crippen LogP contribution in [-0.2, 0) is 17.1 Å². The maximum atomic E-state index is 12.7. The molecule has 0 unspecified atom stereocenters. The van der Waals surface area contributed by atoms with Gasteiger partial charge in [0.25, 0.3) is 5.91 Å². The van der Waals surface area contributed by atoms with Gasteiger partial charge in [0, 0.05) is 51.2 Å². The Hall–Kier alpha value is -1.90. The number of amides is 1. The average molecular weight is 421 g/mol. The first-order chi connectivity index (χ1) is 13.7. The van der Waals surface area contributed by atoms with Gasteiger partial charge in [-0.1, -0.05) is 19.3 Å². The zero-order valence-electron chi connectivity index (χ0n) is 17.8. The van der Waals surface area contributed by atoms with Crippen LogP contribution >= 0.6 is 0 Å². The highest BCUT2D eigenvalue weighted by molar-refractivity contribution is 7.89. The highest BCUT2D eigenvalue weighted by Crippen LogP contribution is 2.24. The summed E-state index contributed by atoms with van der Waals surface area (Å²) in [6, 6.07) is 7.33. The standard InChI is InChI=1S/C21H32N4O3S/c1-23(2)29(27,28)18-10-11-19-16(14-18)15-20(25(19)4)21(26)22-12-13-24(3)17-8-6-5-7-9-17/h10-11,14-15,17H,5-9,12-13H2,1-4H3,(H,22,26). The third-order valence-corrected chi connectivity index (χ3v) is 7.78. The molecule has 0 saturated heterocycles. The summed E-state index contributed by atoms with van der Waals surface area (Å²) in [6.07, 6.45) is 6.41. The normalized spacial score (nSPS) is 16.1. The van der Waals surface area contributed by atoms with Gasteiger partial charge in [-0.3, -0.25) is 4.79 Å². The number of rotatable bonds is 7. The van der Waals surface area contributed by atoms with Crippen molar-refractivity contribution in [3.05, 3.63) is 30.0 Å². The maximum absolute atomic E-state index is 12.7. The number of benzene rings is 1. The van der Waals surface area contributed by atoms with Crippen LogP contribution in [0.5, 0.6) is 0 Å². The van der Waals surface area contributed by atoms with Gasteiger partial charge in [0.1, 0.15) is 5.69 Å². The van der Waals surface area contributed by atoms with E-state index in [4.69, 9.17) is 0 Å². The minimum atomic E-state index is -3.51. The molecule has 0 radical (unpaired) electrons. The molecule has 0 bridgehead atoms. The zero-order chi connectivity index (χ0) is 21.2. The second-order valence-electron chi connectivity index (χ2n) is 8.12. The molecule has 1 aromatic carbocycles. The minimum absolute atomic E-state index is 0.141. The molecule has 1 aliphatic rings. The van der Waals surface area contributed by atoms with Gasteiger partial charge in [-0.15, -0.1) is 0 Å². The first-order valence-corrected chi connectivity index (χ1v) is 11.7. The van der Waals surface area contributed by atoms with Crippen molar-refractivity contribution in [1.29, 1.82) is 0 Å². The largest absolute Gasteiger partial charge is 0.349 e. The quantitative estimate of drug-likeness (QED) is 0.747. The fourth-order valence-corrected chi connectivity index (χ4v) is 4.99. The smallest absolute Gasteiger partial charge is 0.267 e. The van der Waals surface area contributed by atoms with Crippen molar-refractivity contribution in [2.24, 2.45) is 7.05 Å². The van der Waals surface area contributed by atoms with Crippen molar-refractivity contribution in [1.82, 2.24) is 19.1 Å². The van der Waals surface area contributed by atoms with Crippen LogP contribution in [0.15, 0.2) is 29.2 Å². The second kappa shape index (κ2) is 8.85. The summed E-state index contributed by atoms with van der Waals surface area (Å²) in [5.41, 5.74) is 1.35. The Morgan fingerprint density at radius 3 is 2.48 bits per heavy atom. The molecule has 1 saturated carbocycles. The van der Waals surface area contributed by atoms with Crippen LogP contribution in [0.3, 0.4) is 0 Å². The van der Waals surface area contributed by atoms with E-state index in [0.29, 0.717) is 18.3 Å². The summed E-state index contributed by atoms with van der Waals surface area (Å²) >= 11 is 0. The number of sulfonamides is 1. The van der Waals surface area contributed by atoms with E-state index in [9.17, 15) is 13.2 Å². The monoisotopic (exact) mass is 420 g/mol. The van der Waals surface area contributed by atoms with Gasteiger partial charge >= 0.3 is 0 Å². The third-order valence-electron chi connectivity index (χ3n) is 5.97. The molecule has 0 spiro atoms. The first-order valence-electron chi connectivity index (χ1n) is 10.2. The van der Waals surface area contributed by atoms with Crippen molar-refractivity contribution in [2.75, 3.05) is 34.2 Å². The lowest BCUT2D eigenvalue weighted by Crippen LogP contribution is -2.39. The Kier molecular flexibility index (Phi) is 6.65. The Morgan fingerprint density at radius 2 is 1.83 bits per heavy atom. The van der Waals surface area contributed by atoms with Crippen molar-refractivity contribution in [3.63, 3.8) is 0 Å². The Labute approximate surface area is 173 Å². The van der Waals surface area contributed by atoms with Crippen LogP contribution in [0.1, 0.15) is 42.6 Å². The van der Waals surface area contributed by atoms with Gasteiger partial charge in [0.2, 0.25) is 10.0 Å². The predicted molar refractivity (Wildman–Crippen MR) is 116 cm³/mol. The number of likely N-dealkylation sites (N-methyl/N-ethyl adjacent to an activating group) is 1. The fraction of sp³-hybridized carbons (Fsp3) is 0.571. The molecule has 2 aromatic rings. The summed E-state index contributed by atoms with van der Waals surface area (Å²) in [5.74, 6) is -0.141. The Morgan fingerprint density at radius 1 is 1.14 bits per heavy atom. The van der Waals surface area contributed by atoms with E-state index < -0.39 is 10.0 Å². The van der Waals surface area contributed by atoms with Gasteiger partial charge in [0.05, 0.1) is 4.90 Å². The molecule has 8 heteroatoms. The van der Waals surface area contributed by atoms with E-state index in [1.54, 1.807) is 24.3 Å². The number of aryl methyl sites for hydroxylation is 1. The molecule has 0 aliphatic heterocycles. The number of carbonyl (C=O) groups excluding carboxylic acids is 1. The molecule has 1 amide bonds. The summed E-state index contributed by atoms with van der Waals surface area (Å²) in [7, 11) is 3.46. The van der Waals surface area contributed by atoms with Crippen molar-refractivity contribution < 1.29 is 13.2 Å². The van der Waals surface area contributed by atoms with Crippen LogP contribution < -0.4 is 5.32 Å². The molecule has 1 aromatic heterocycles. The third kappa shape index (κ3) is 4.65. The van der Waals surface area contributed by atoms with Gasteiger partial charge in [-0.05, 0) is 44.2 Å². The summed E-state index contributed by atoms with van der Waals surface area (Å²) in [6.45, 7) is 1.42. The lowest BCUT2D eigenvalue weighted by molar-refractivity contribution is 0.0937. The second-order valence-corrected chi connectivity index (χ2v) is 10.3. The van der Waals surface area contributed by atoms with Crippen LogP contribution in [0.4, 0.5) is 0 Å². The first kappa shape index (κ1) is 21.8. The number of hydrogen-bond acceptors (Lipinski definition) is 4. The van der Waals surface area contributed by atoms with Gasteiger partial charge in [0.15, 0.2) is 0 Å². The number of aromatic nitrogens is 1. The van der Waals surface area contributed by atoms with Crippen molar-refractivity contribution in [3.8, 4) is 0 Å². The lowest BCUT2D eigenvalue weighted by Gasteiger charge is -2.31. The number of hydrogen-bond donors (Lipinski definition) is 1. The highest BCUT2D eigenvalue weighted by atomic mass is 32.2. The number of carbonyl (C=O) groups is 1. The molecule has 29 heavy (non-hydrogen) atoms. The van der Waals surface area contributed by atoms with E-state index in [1.165, 1.54) is 50.5 Å². The van der Waals surface area contributed by atoms with Crippen LogP contribution in [-0.4, -0.2) is 68.4 Å². The van der Waals surface area contributed by atoms with Crippen LogP contribution in [0.2, 0.25) is 0 Å². The molecule has 1 N–H and O–H groups in total. The highest BCUT2D eigenvalue weighted by Gasteiger charge is 2.21. The molecule has 3 rings (SSSR count). The molecule has 7 nitrogen and oxygen atoms in total. The zero-order valence-corrected chi connectivity index (χ0v) is 18.6. The van der Waals surface area contributed by atoms with E-state index in [-0.39, 0.29) is 10.8 Å². The summed E-state index contributed by atoms with van der Waals surface area (Å²) in [5, 5.41) is 3.74. The van der Waals surface area contributed by atoms with E-state index >= 15 is 0 Å². The lowest BCUT2D eigenvalue weighted by atomic mass is 9.94. The molecule has 1 heterocycles. The molecule has 160 valence electrons. The molecular weight excluding hydrogens is 388 g/mol. The number of nitrogens with zero attached hydrogens (tertiary/aromatic N) is 3.